The number of anilines is 2. The van der Waals surface area contributed by atoms with Crippen molar-refractivity contribution >= 4 is 11.5 Å². The maximum absolute atomic E-state index is 9.02. The van der Waals surface area contributed by atoms with Crippen LogP contribution in [0.5, 0.6) is 0 Å². The molecule has 0 aromatic carbocycles. The van der Waals surface area contributed by atoms with Crippen LogP contribution >= 0.6 is 0 Å². The molecule has 0 unspecified atom stereocenters. The summed E-state index contributed by atoms with van der Waals surface area (Å²) in [6.45, 7) is 1.44. The molecule has 1 aromatic rings. The Morgan fingerprint density at radius 1 is 1.59 bits per heavy atom. The van der Waals surface area contributed by atoms with Crippen LogP contribution in [-0.4, -0.2) is 43.5 Å². The molecule has 1 rings (SSSR count). The molecule has 0 spiro atoms. The largest absolute Gasteiger partial charge is 0.397 e. The second kappa shape index (κ2) is 6.68. The lowest BCUT2D eigenvalue weighted by molar-refractivity contribution is 0.202. The number of pyridine rings is 1. The molecule has 1 heterocycles. The first kappa shape index (κ1) is 13.2. The molecule has 6 nitrogen and oxygen atoms in total. The molecule has 0 fully saturated rings. The van der Waals surface area contributed by atoms with E-state index in [0.717, 1.165) is 0 Å². The fourth-order valence-corrected chi connectivity index (χ4v) is 1.45. The van der Waals surface area contributed by atoms with Crippen LogP contribution in [-0.2, 0) is 4.74 Å². The number of hydrogen-bond donors (Lipinski definition) is 2. The van der Waals surface area contributed by atoms with Gasteiger partial charge >= 0.3 is 0 Å². The van der Waals surface area contributed by atoms with Crippen molar-refractivity contribution in [2.45, 2.75) is 0 Å². The van der Waals surface area contributed by atoms with Crippen molar-refractivity contribution in [1.29, 1.82) is 5.26 Å². The first-order chi connectivity index (χ1) is 8.22. The number of hydrogen-bond acceptors (Lipinski definition) is 6. The third-order valence-corrected chi connectivity index (χ3v) is 2.24. The number of methoxy groups -OCH3 is 1. The molecule has 0 aliphatic carbocycles. The molecule has 92 valence electrons. The smallest absolute Gasteiger partial charge is 0.146 e. The van der Waals surface area contributed by atoms with E-state index in [0.29, 0.717) is 36.8 Å². The summed E-state index contributed by atoms with van der Waals surface area (Å²) < 4.78 is 4.98. The van der Waals surface area contributed by atoms with E-state index in [-0.39, 0.29) is 6.61 Å². The van der Waals surface area contributed by atoms with Crippen LogP contribution < -0.4 is 10.6 Å². The molecule has 0 saturated heterocycles. The number of ether oxygens (including phenoxy) is 1. The van der Waals surface area contributed by atoms with Gasteiger partial charge in [0.2, 0.25) is 0 Å². The zero-order chi connectivity index (χ0) is 12.7. The minimum absolute atomic E-state index is 0.0133. The minimum Gasteiger partial charge on any atom is -0.397 e. The Morgan fingerprint density at radius 2 is 2.35 bits per heavy atom. The van der Waals surface area contributed by atoms with E-state index in [1.165, 1.54) is 6.20 Å². The van der Waals surface area contributed by atoms with E-state index in [1.54, 1.807) is 18.1 Å². The number of nitrogen functional groups attached to an aromatic ring is 1. The van der Waals surface area contributed by atoms with Crippen molar-refractivity contribution in [3.8, 4) is 6.07 Å². The number of nitrogens with zero attached hydrogens (tertiary/aromatic N) is 3. The van der Waals surface area contributed by atoms with Gasteiger partial charge in [0.25, 0.3) is 0 Å². The van der Waals surface area contributed by atoms with Crippen LogP contribution in [0.15, 0.2) is 12.3 Å². The first-order valence-electron chi connectivity index (χ1n) is 5.23. The van der Waals surface area contributed by atoms with Gasteiger partial charge in [-0.15, -0.1) is 0 Å². The molecular weight excluding hydrogens is 220 g/mol. The quantitative estimate of drug-likeness (QED) is 0.720. The summed E-state index contributed by atoms with van der Waals surface area (Å²) in [5.41, 5.74) is 6.41. The number of aliphatic hydroxyl groups excluding tert-OH is 1. The van der Waals surface area contributed by atoms with Crippen molar-refractivity contribution in [3.63, 3.8) is 0 Å². The van der Waals surface area contributed by atoms with Crippen molar-refractivity contribution in [2.75, 3.05) is 44.0 Å². The molecule has 3 N–H and O–H groups in total. The SMILES string of the molecule is COCCN(CCO)c1ncc(N)cc1C#N. The van der Waals surface area contributed by atoms with Gasteiger partial charge in [-0.05, 0) is 6.07 Å². The zero-order valence-electron chi connectivity index (χ0n) is 9.76. The minimum atomic E-state index is -0.0133. The highest BCUT2D eigenvalue weighted by Crippen LogP contribution is 2.18. The molecule has 0 amide bonds. The molecule has 0 bridgehead atoms. The third-order valence-electron chi connectivity index (χ3n) is 2.24. The molecule has 17 heavy (non-hydrogen) atoms. The average molecular weight is 236 g/mol. The Hall–Kier alpha value is -1.84. The summed E-state index contributed by atoms with van der Waals surface area (Å²) in [5, 5.41) is 18.0. The van der Waals surface area contributed by atoms with Crippen molar-refractivity contribution < 1.29 is 9.84 Å². The van der Waals surface area contributed by atoms with Gasteiger partial charge in [-0.1, -0.05) is 0 Å². The molecular formula is C11H16N4O2. The Balaban J connectivity index is 2.96. The Bertz CT molecular complexity index is 403. The van der Waals surface area contributed by atoms with E-state index in [4.69, 9.17) is 20.8 Å². The van der Waals surface area contributed by atoms with Crippen LogP contribution in [0.3, 0.4) is 0 Å². The summed E-state index contributed by atoms with van der Waals surface area (Å²) in [6, 6.07) is 3.61. The molecule has 6 heteroatoms. The summed E-state index contributed by atoms with van der Waals surface area (Å²) >= 11 is 0. The van der Waals surface area contributed by atoms with Crippen molar-refractivity contribution in [1.82, 2.24) is 4.98 Å². The van der Waals surface area contributed by atoms with Gasteiger partial charge < -0.3 is 20.5 Å². The third kappa shape index (κ3) is 3.59. The maximum Gasteiger partial charge on any atom is 0.146 e. The van der Waals surface area contributed by atoms with Gasteiger partial charge in [-0.3, -0.25) is 0 Å². The topological polar surface area (TPSA) is 95.4 Å². The fourth-order valence-electron chi connectivity index (χ4n) is 1.45. The number of nitrogens with two attached hydrogens (primary N) is 1. The van der Waals surface area contributed by atoms with E-state index < -0.39 is 0 Å². The highest BCUT2D eigenvalue weighted by Gasteiger charge is 2.12. The standard InChI is InChI=1S/C11H16N4O2/c1-17-5-3-15(2-4-16)11-9(7-12)6-10(13)8-14-11/h6,8,16H,2-5,13H2,1H3. The van der Waals surface area contributed by atoms with Gasteiger partial charge in [-0.2, -0.15) is 5.26 Å². The van der Waals surface area contributed by atoms with E-state index in [2.05, 4.69) is 4.98 Å². The van der Waals surface area contributed by atoms with Gasteiger partial charge in [0.1, 0.15) is 11.9 Å². The van der Waals surface area contributed by atoms with Gasteiger partial charge in [-0.25, -0.2) is 4.98 Å². The fraction of sp³-hybridized carbons (Fsp3) is 0.455. The van der Waals surface area contributed by atoms with Crippen LogP contribution in [0, 0.1) is 11.3 Å². The molecule has 0 radical (unpaired) electrons. The second-order valence-corrected chi connectivity index (χ2v) is 3.46. The number of rotatable bonds is 6. The monoisotopic (exact) mass is 236 g/mol. The second-order valence-electron chi connectivity index (χ2n) is 3.46. The molecule has 1 aromatic heterocycles. The molecule has 0 aliphatic heterocycles. The number of nitriles is 1. The van der Waals surface area contributed by atoms with Crippen molar-refractivity contribution in [2.24, 2.45) is 0 Å². The summed E-state index contributed by atoms with van der Waals surface area (Å²) in [6.07, 6.45) is 1.49. The normalized spacial score (nSPS) is 9.94. The van der Waals surface area contributed by atoms with Crippen LogP contribution in [0.25, 0.3) is 0 Å². The number of aliphatic hydroxyl groups is 1. The average Bonchev–Trinajstić information content (AvgIpc) is 2.34. The lowest BCUT2D eigenvalue weighted by Gasteiger charge is -2.23. The molecule has 0 atom stereocenters. The van der Waals surface area contributed by atoms with Gasteiger partial charge in [0.05, 0.1) is 30.7 Å². The zero-order valence-corrected chi connectivity index (χ0v) is 9.76. The van der Waals surface area contributed by atoms with Gasteiger partial charge in [0, 0.05) is 20.2 Å². The van der Waals surface area contributed by atoms with Crippen LogP contribution in [0.1, 0.15) is 5.56 Å². The Kier molecular flexibility index (Phi) is 5.20. The highest BCUT2D eigenvalue weighted by atomic mass is 16.5. The highest BCUT2D eigenvalue weighted by molar-refractivity contribution is 5.58. The Morgan fingerprint density at radius 3 is 2.94 bits per heavy atom. The lowest BCUT2D eigenvalue weighted by atomic mass is 10.2. The summed E-state index contributed by atoms with van der Waals surface area (Å²) in [7, 11) is 1.60. The van der Waals surface area contributed by atoms with Crippen molar-refractivity contribution in [3.05, 3.63) is 17.8 Å². The predicted octanol–water partition coefficient (Wildman–Crippen LogP) is -0.0194. The first-order valence-corrected chi connectivity index (χ1v) is 5.23. The van der Waals surface area contributed by atoms with Crippen LogP contribution in [0.4, 0.5) is 11.5 Å². The Labute approximate surface area is 100 Å². The predicted molar refractivity (Wildman–Crippen MR) is 64.5 cm³/mol. The van der Waals surface area contributed by atoms with E-state index in [1.807, 2.05) is 6.07 Å². The summed E-state index contributed by atoms with van der Waals surface area (Å²) in [4.78, 5) is 5.93. The summed E-state index contributed by atoms with van der Waals surface area (Å²) in [5.74, 6) is 0.521. The number of aromatic nitrogens is 1. The lowest BCUT2D eigenvalue weighted by Crippen LogP contribution is -2.31. The van der Waals surface area contributed by atoms with Gasteiger partial charge in [0.15, 0.2) is 0 Å². The molecule has 0 saturated carbocycles. The van der Waals surface area contributed by atoms with Crippen LogP contribution in [0.2, 0.25) is 0 Å². The maximum atomic E-state index is 9.02. The van der Waals surface area contributed by atoms with E-state index >= 15 is 0 Å². The molecule has 0 aliphatic rings. The van der Waals surface area contributed by atoms with E-state index in [9.17, 15) is 0 Å².